The van der Waals surface area contributed by atoms with Crippen molar-refractivity contribution in [3.8, 4) is 0 Å². The van der Waals surface area contributed by atoms with Gasteiger partial charge in [0.25, 0.3) is 11.7 Å². The Morgan fingerprint density at radius 3 is 2.93 bits per heavy atom. The van der Waals surface area contributed by atoms with Crippen LogP contribution in [0, 0.1) is 5.41 Å². The first-order chi connectivity index (χ1) is 14.9. The molecule has 10 nitrogen and oxygen atoms in total. The van der Waals surface area contributed by atoms with E-state index < -0.39 is 17.4 Å². The van der Waals surface area contributed by atoms with Crippen molar-refractivity contribution in [2.24, 2.45) is 29.9 Å². The van der Waals surface area contributed by atoms with E-state index in [1.54, 1.807) is 24.2 Å². The summed E-state index contributed by atoms with van der Waals surface area (Å²) in [7, 11) is 0. The van der Waals surface area contributed by atoms with Gasteiger partial charge >= 0.3 is 0 Å². The molecule has 0 N–H and O–H groups in total. The molecule has 30 heavy (non-hydrogen) atoms. The molecule has 12 heteroatoms. The summed E-state index contributed by atoms with van der Waals surface area (Å²) in [6.07, 6.45) is 5.30. The van der Waals surface area contributed by atoms with Gasteiger partial charge in [0, 0.05) is 36.9 Å². The number of thioether (sulfide) groups is 1. The smallest absolute Gasteiger partial charge is 0.295 e. The molecule has 0 aromatic carbocycles. The van der Waals surface area contributed by atoms with Crippen LogP contribution >= 0.6 is 23.7 Å². The van der Waals surface area contributed by atoms with Gasteiger partial charge in [-0.05, 0) is 11.9 Å². The second-order valence-corrected chi connectivity index (χ2v) is 9.09. The molecule has 0 bridgehead atoms. The molecule has 0 saturated heterocycles. The van der Waals surface area contributed by atoms with Crippen molar-refractivity contribution in [2.75, 3.05) is 44.4 Å². The van der Waals surface area contributed by atoms with E-state index in [0.29, 0.717) is 44.6 Å². The quantitative estimate of drug-likeness (QED) is 0.598. The second-order valence-electron chi connectivity index (χ2n) is 7.27. The van der Waals surface area contributed by atoms with Crippen LogP contribution < -0.4 is 0 Å². The van der Waals surface area contributed by atoms with Crippen LogP contribution in [0.25, 0.3) is 0 Å². The number of hydrogen-bond donors (Lipinski definition) is 0. The molecular weight excluding hydrogens is 428 g/mol. The lowest BCUT2D eigenvalue weighted by atomic mass is 9.68. The highest BCUT2D eigenvalue weighted by atomic mass is 32.2. The molecule has 3 unspecified atom stereocenters. The van der Waals surface area contributed by atoms with E-state index >= 15 is 0 Å². The van der Waals surface area contributed by atoms with Gasteiger partial charge < -0.3 is 19.0 Å². The van der Waals surface area contributed by atoms with Gasteiger partial charge in [-0.25, -0.2) is 9.39 Å². The molecule has 0 amide bonds. The zero-order chi connectivity index (χ0) is 20.0. The molecule has 0 radical (unpaired) electrons. The van der Waals surface area contributed by atoms with Crippen molar-refractivity contribution in [3.63, 3.8) is 0 Å². The van der Waals surface area contributed by atoms with E-state index in [9.17, 15) is 0 Å². The number of aliphatic imine (C=N–C) groups is 3. The topological polar surface area (TPSA) is 102 Å². The lowest BCUT2D eigenvalue weighted by molar-refractivity contribution is -0.166. The minimum atomic E-state index is -1.14. The van der Waals surface area contributed by atoms with Crippen LogP contribution in [0.1, 0.15) is 6.42 Å². The van der Waals surface area contributed by atoms with Crippen LogP contribution in [0.5, 0.6) is 0 Å². The molecular formula is C18H20N6O4S2. The third-order valence-corrected chi connectivity index (χ3v) is 7.69. The van der Waals surface area contributed by atoms with Crippen molar-refractivity contribution in [1.29, 1.82) is 0 Å². The van der Waals surface area contributed by atoms with Crippen LogP contribution in [-0.4, -0.2) is 90.0 Å². The van der Waals surface area contributed by atoms with E-state index in [2.05, 4.69) is 15.1 Å². The minimum Gasteiger partial charge on any atom is -0.467 e. The van der Waals surface area contributed by atoms with Crippen molar-refractivity contribution >= 4 is 52.4 Å². The summed E-state index contributed by atoms with van der Waals surface area (Å²) in [5.41, 5.74) is -0.227. The molecule has 6 aliphatic rings. The van der Waals surface area contributed by atoms with Crippen molar-refractivity contribution in [3.05, 3.63) is 12.5 Å². The van der Waals surface area contributed by atoms with Crippen LogP contribution in [0.2, 0.25) is 0 Å². The standard InChI is InChI=1S/C18H20N6O4S2/c1-6-28-22-12(1)17(11-30-23-13(17)14-19-4-10-29-14)18(15-20-2-7-25-15)24(5-9-27-18)16-21-3-8-26-16/h2,5,9,15H,1,3-4,6-8,10-11H2. The summed E-state index contributed by atoms with van der Waals surface area (Å²) < 4.78 is 23.3. The fourth-order valence-corrected chi connectivity index (χ4v) is 6.72. The number of hydrogen-bond acceptors (Lipinski definition) is 12. The maximum atomic E-state index is 6.49. The summed E-state index contributed by atoms with van der Waals surface area (Å²) in [6.45, 7) is 2.82. The van der Waals surface area contributed by atoms with Gasteiger partial charge in [0.15, 0.2) is 0 Å². The lowest BCUT2D eigenvalue weighted by Crippen LogP contribution is -2.71. The van der Waals surface area contributed by atoms with E-state index in [1.807, 2.05) is 11.1 Å². The SMILES string of the molecule is C1=CN(C2=NCCO2)C(C2N=CCO2)(C2(C3=NOCC3)CSN=C2C2=NCCS2)O1. The van der Waals surface area contributed by atoms with Gasteiger partial charge in [0.05, 0.1) is 24.6 Å². The summed E-state index contributed by atoms with van der Waals surface area (Å²) in [6, 6.07) is 0.491. The molecule has 0 aliphatic carbocycles. The van der Waals surface area contributed by atoms with Gasteiger partial charge in [0.1, 0.15) is 29.9 Å². The van der Waals surface area contributed by atoms with Crippen LogP contribution in [0.15, 0.2) is 37.0 Å². The predicted molar refractivity (Wildman–Crippen MR) is 116 cm³/mol. The first-order valence-electron chi connectivity index (χ1n) is 9.88. The molecule has 0 fully saturated rings. The van der Waals surface area contributed by atoms with Crippen LogP contribution in [0.4, 0.5) is 0 Å². The Bertz CT molecular complexity index is 934. The molecule has 6 heterocycles. The third-order valence-electron chi connectivity index (χ3n) is 5.83. The van der Waals surface area contributed by atoms with Crippen LogP contribution in [-0.2, 0) is 19.0 Å². The lowest BCUT2D eigenvalue weighted by Gasteiger charge is -2.50. The Kier molecular flexibility index (Phi) is 4.53. The molecule has 0 saturated carbocycles. The highest BCUT2D eigenvalue weighted by Crippen LogP contribution is 2.55. The number of nitrogens with zero attached hydrogens (tertiary/aromatic N) is 6. The first kappa shape index (κ1) is 18.7. The van der Waals surface area contributed by atoms with Crippen molar-refractivity contribution in [1.82, 2.24) is 4.90 Å². The first-order valence-corrected chi connectivity index (χ1v) is 11.8. The maximum absolute atomic E-state index is 6.49. The van der Waals surface area contributed by atoms with Crippen molar-refractivity contribution in [2.45, 2.75) is 18.4 Å². The van der Waals surface area contributed by atoms with Crippen molar-refractivity contribution < 1.29 is 19.0 Å². The highest BCUT2D eigenvalue weighted by molar-refractivity contribution is 8.16. The summed E-state index contributed by atoms with van der Waals surface area (Å²) in [5.74, 6) is 1.53. The van der Waals surface area contributed by atoms with Crippen LogP contribution in [0.3, 0.4) is 0 Å². The average molecular weight is 449 g/mol. The number of amidine groups is 1. The predicted octanol–water partition coefficient (Wildman–Crippen LogP) is 1.31. The molecule has 6 aliphatic heterocycles. The normalized spacial score (nSPS) is 37.1. The number of oxime groups is 1. The van der Waals surface area contributed by atoms with E-state index in [4.69, 9.17) is 28.4 Å². The fraction of sp³-hybridized carbons (Fsp3) is 0.611. The second kappa shape index (κ2) is 7.27. The maximum Gasteiger partial charge on any atom is 0.295 e. The summed E-state index contributed by atoms with van der Waals surface area (Å²) >= 11 is 3.20. The number of rotatable bonds is 4. The molecule has 158 valence electrons. The Labute approximate surface area is 181 Å². The molecule has 3 atom stereocenters. The molecule has 0 aromatic rings. The Balaban J connectivity index is 1.57. The molecule has 0 spiro atoms. The Morgan fingerprint density at radius 2 is 2.20 bits per heavy atom. The third kappa shape index (κ3) is 2.47. The summed E-state index contributed by atoms with van der Waals surface area (Å²) in [4.78, 5) is 21.4. The van der Waals surface area contributed by atoms with Gasteiger partial charge in [0.2, 0.25) is 6.23 Å². The minimum absolute atomic E-state index is 0.408. The van der Waals surface area contributed by atoms with E-state index in [-0.39, 0.29) is 0 Å². The fourth-order valence-electron chi connectivity index (χ4n) is 4.60. The van der Waals surface area contributed by atoms with Gasteiger partial charge in [-0.3, -0.25) is 14.9 Å². The Hall–Kier alpha value is -2.05. The zero-order valence-electron chi connectivity index (χ0n) is 16.1. The average Bonchev–Trinajstić information content (AvgIpc) is 3.62. The van der Waals surface area contributed by atoms with Gasteiger partial charge in [-0.15, -0.1) is 11.8 Å². The highest BCUT2D eigenvalue weighted by Gasteiger charge is 2.72. The summed E-state index contributed by atoms with van der Waals surface area (Å²) in [5, 5.41) is 5.39. The van der Waals surface area contributed by atoms with Gasteiger partial charge in [-0.2, -0.15) is 0 Å². The monoisotopic (exact) mass is 448 g/mol. The Morgan fingerprint density at radius 1 is 1.20 bits per heavy atom. The van der Waals surface area contributed by atoms with E-state index in [0.717, 1.165) is 28.8 Å². The van der Waals surface area contributed by atoms with E-state index in [1.165, 1.54) is 11.9 Å². The van der Waals surface area contributed by atoms with Gasteiger partial charge in [-0.1, -0.05) is 5.16 Å². The number of ether oxygens (including phenoxy) is 3. The zero-order valence-corrected chi connectivity index (χ0v) is 17.7. The molecule has 6 rings (SSSR count). The molecule has 0 aromatic heterocycles. The largest absolute Gasteiger partial charge is 0.467 e.